The lowest BCUT2D eigenvalue weighted by atomic mass is 10.1. The summed E-state index contributed by atoms with van der Waals surface area (Å²) in [4.78, 5) is 8.25. The van der Waals surface area contributed by atoms with Crippen molar-refractivity contribution in [2.45, 2.75) is 84.5 Å². The van der Waals surface area contributed by atoms with Crippen LogP contribution >= 0.6 is 0 Å². The van der Waals surface area contributed by atoms with Gasteiger partial charge in [0.25, 0.3) is 0 Å². The molecular formula is C20H32N2. The van der Waals surface area contributed by atoms with Crippen LogP contribution in [0.3, 0.4) is 0 Å². The number of nitrogens with one attached hydrogen (secondary N) is 1. The Labute approximate surface area is 135 Å². The van der Waals surface area contributed by atoms with E-state index in [1.165, 1.54) is 75.3 Å². The fraction of sp³-hybridized carbons (Fsp3) is 0.650. The van der Waals surface area contributed by atoms with Gasteiger partial charge in [-0.15, -0.1) is 0 Å². The third kappa shape index (κ3) is 5.47. The van der Waals surface area contributed by atoms with Crippen LogP contribution in [0.15, 0.2) is 18.2 Å². The third-order valence-electron chi connectivity index (χ3n) is 4.43. The molecule has 0 aliphatic rings. The van der Waals surface area contributed by atoms with Crippen LogP contribution < -0.4 is 0 Å². The maximum Gasteiger partial charge on any atom is 0.107 e. The molecule has 0 saturated carbocycles. The first-order valence-electron chi connectivity index (χ1n) is 9.31. The predicted octanol–water partition coefficient (Wildman–Crippen LogP) is 6.20. The summed E-state index contributed by atoms with van der Waals surface area (Å²) in [5, 5.41) is 0. The Hall–Kier alpha value is -1.31. The minimum Gasteiger partial charge on any atom is -0.342 e. The normalized spacial score (nSPS) is 11.4. The number of rotatable bonds is 11. The molecule has 2 rings (SSSR count). The van der Waals surface area contributed by atoms with E-state index in [-0.39, 0.29) is 0 Å². The smallest absolute Gasteiger partial charge is 0.107 e. The maximum atomic E-state index is 4.73. The van der Waals surface area contributed by atoms with E-state index >= 15 is 0 Å². The van der Waals surface area contributed by atoms with E-state index < -0.39 is 0 Å². The van der Waals surface area contributed by atoms with Gasteiger partial charge in [-0.2, -0.15) is 0 Å². The third-order valence-corrected chi connectivity index (χ3v) is 4.43. The Balaban J connectivity index is 1.82. The van der Waals surface area contributed by atoms with Gasteiger partial charge in [-0.05, 0) is 37.0 Å². The van der Waals surface area contributed by atoms with Gasteiger partial charge in [0, 0.05) is 6.42 Å². The number of H-pyrrole nitrogens is 1. The van der Waals surface area contributed by atoms with E-state index in [1.54, 1.807) is 0 Å². The molecule has 0 atom stereocenters. The van der Waals surface area contributed by atoms with E-state index in [1.807, 2.05) is 0 Å². The zero-order chi connectivity index (χ0) is 15.6. The number of fused-ring (bicyclic) bond motifs is 1. The highest BCUT2D eigenvalue weighted by atomic mass is 14.9. The molecule has 2 heteroatoms. The minimum absolute atomic E-state index is 1.09. The predicted molar refractivity (Wildman–Crippen MR) is 96.4 cm³/mol. The van der Waals surface area contributed by atoms with Gasteiger partial charge in [0.05, 0.1) is 11.0 Å². The molecule has 0 aliphatic carbocycles. The van der Waals surface area contributed by atoms with Crippen LogP contribution in [0, 0.1) is 0 Å². The van der Waals surface area contributed by atoms with Gasteiger partial charge in [-0.1, -0.05) is 64.9 Å². The first-order chi connectivity index (χ1) is 10.8. The van der Waals surface area contributed by atoms with Crippen molar-refractivity contribution in [3.05, 3.63) is 29.6 Å². The van der Waals surface area contributed by atoms with Gasteiger partial charge >= 0.3 is 0 Å². The molecule has 1 heterocycles. The molecule has 0 saturated heterocycles. The van der Waals surface area contributed by atoms with E-state index in [9.17, 15) is 0 Å². The molecule has 122 valence electrons. The van der Waals surface area contributed by atoms with Gasteiger partial charge in [-0.25, -0.2) is 4.98 Å². The molecule has 22 heavy (non-hydrogen) atoms. The molecule has 0 radical (unpaired) electrons. The van der Waals surface area contributed by atoms with Crippen LogP contribution in [-0.4, -0.2) is 9.97 Å². The highest BCUT2D eigenvalue weighted by molar-refractivity contribution is 5.75. The molecule has 1 aromatic heterocycles. The number of aromatic amines is 1. The second-order valence-electron chi connectivity index (χ2n) is 6.51. The van der Waals surface area contributed by atoms with Crippen LogP contribution in [0.2, 0.25) is 0 Å². The summed E-state index contributed by atoms with van der Waals surface area (Å²) >= 11 is 0. The zero-order valence-electron chi connectivity index (χ0n) is 14.5. The van der Waals surface area contributed by atoms with Crippen molar-refractivity contribution in [3.8, 4) is 0 Å². The molecule has 0 spiro atoms. The van der Waals surface area contributed by atoms with Crippen LogP contribution in [0.4, 0.5) is 0 Å². The molecule has 1 N–H and O–H groups in total. The second kappa shape index (κ2) is 9.66. The summed E-state index contributed by atoms with van der Waals surface area (Å²) in [5.74, 6) is 1.16. The summed E-state index contributed by atoms with van der Waals surface area (Å²) in [6.45, 7) is 4.53. The van der Waals surface area contributed by atoms with Gasteiger partial charge in [0.15, 0.2) is 0 Å². The molecule has 2 aromatic rings. The van der Waals surface area contributed by atoms with Crippen molar-refractivity contribution in [2.24, 2.45) is 0 Å². The standard InChI is InChI=1S/C20H32N2/c1-3-5-7-8-9-11-13-20-21-18-15-14-17(12-10-6-4-2)16-19(18)22-20/h14-16H,3-13H2,1-2H3,(H,21,22). The quantitative estimate of drug-likeness (QED) is 0.492. The van der Waals surface area contributed by atoms with E-state index in [0.29, 0.717) is 0 Å². The van der Waals surface area contributed by atoms with Crippen molar-refractivity contribution in [2.75, 3.05) is 0 Å². The topological polar surface area (TPSA) is 28.7 Å². The molecule has 0 unspecified atom stereocenters. The Morgan fingerprint density at radius 3 is 2.32 bits per heavy atom. The maximum absolute atomic E-state index is 4.73. The first kappa shape index (κ1) is 17.1. The average Bonchev–Trinajstić information content (AvgIpc) is 2.93. The number of unbranched alkanes of at least 4 members (excludes halogenated alkanes) is 7. The lowest BCUT2D eigenvalue weighted by Gasteiger charge is -2.00. The number of hydrogen-bond acceptors (Lipinski definition) is 1. The Morgan fingerprint density at radius 2 is 1.50 bits per heavy atom. The first-order valence-corrected chi connectivity index (χ1v) is 9.31. The average molecular weight is 300 g/mol. The fourth-order valence-corrected chi connectivity index (χ4v) is 3.04. The number of aromatic nitrogens is 2. The molecule has 1 aromatic carbocycles. The largest absolute Gasteiger partial charge is 0.342 e. The van der Waals surface area contributed by atoms with E-state index in [4.69, 9.17) is 4.98 Å². The Morgan fingerprint density at radius 1 is 0.818 bits per heavy atom. The Bertz CT molecular complexity index is 542. The van der Waals surface area contributed by atoms with Gasteiger partial charge < -0.3 is 4.98 Å². The zero-order valence-corrected chi connectivity index (χ0v) is 14.5. The summed E-state index contributed by atoms with van der Waals surface area (Å²) in [5.41, 5.74) is 3.78. The van der Waals surface area contributed by atoms with Crippen molar-refractivity contribution < 1.29 is 0 Å². The molecule has 0 fully saturated rings. The summed E-state index contributed by atoms with van der Waals surface area (Å²) in [7, 11) is 0. The number of nitrogens with zero attached hydrogens (tertiary/aromatic N) is 1. The second-order valence-corrected chi connectivity index (χ2v) is 6.51. The van der Waals surface area contributed by atoms with E-state index in [0.717, 1.165) is 17.8 Å². The number of hydrogen-bond donors (Lipinski definition) is 1. The SMILES string of the molecule is CCCCCCCCc1nc2ccc(CCCCC)cc2[nH]1. The fourth-order valence-electron chi connectivity index (χ4n) is 3.04. The van der Waals surface area contributed by atoms with Crippen molar-refractivity contribution in [3.63, 3.8) is 0 Å². The van der Waals surface area contributed by atoms with Gasteiger partial charge in [0.2, 0.25) is 0 Å². The Kier molecular flexibility index (Phi) is 7.48. The highest BCUT2D eigenvalue weighted by Gasteiger charge is 2.04. The number of imidazole rings is 1. The summed E-state index contributed by atoms with van der Waals surface area (Å²) in [6, 6.07) is 6.72. The van der Waals surface area contributed by atoms with Gasteiger partial charge in [-0.3, -0.25) is 0 Å². The molecule has 0 bridgehead atoms. The number of aryl methyl sites for hydroxylation is 2. The molecular weight excluding hydrogens is 268 g/mol. The lowest BCUT2D eigenvalue weighted by molar-refractivity contribution is 0.602. The highest BCUT2D eigenvalue weighted by Crippen LogP contribution is 2.17. The molecule has 0 amide bonds. The van der Waals surface area contributed by atoms with Crippen molar-refractivity contribution in [1.29, 1.82) is 0 Å². The van der Waals surface area contributed by atoms with Gasteiger partial charge in [0.1, 0.15) is 5.82 Å². The molecule has 2 nitrogen and oxygen atoms in total. The number of benzene rings is 1. The van der Waals surface area contributed by atoms with E-state index in [2.05, 4.69) is 37.0 Å². The van der Waals surface area contributed by atoms with Crippen molar-refractivity contribution in [1.82, 2.24) is 9.97 Å². The molecule has 0 aliphatic heterocycles. The minimum atomic E-state index is 1.09. The van der Waals surface area contributed by atoms with Crippen LogP contribution in [0.5, 0.6) is 0 Å². The lowest BCUT2D eigenvalue weighted by Crippen LogP contribution is -1.88. The van der Waals surface area contributed by atoms with Crippen LogP contribution in [0.25, 0.3) is 11.0 Å². The monoisotopic (exact) mass is 300 g/mol. The summed E-state index contributed by atoms with van der Waals surface area (Å²) < 4.78 is 0. The van der Waals surface area contributed by atoms with Crippen LogP contribution in [-0.2, 0) is 12.8 Å². The summed E-state index contributed by atoms with van der Waals surface area (Å²) in [6.07, 6.45) is 14.2. The van der Waals surface area contributed by atoms with Crippen LogP contribution in [0.1, 0.15) is 83.0 Å². The van der Waals surface area contributed by atoms with Crippen molar-refractivity contribution >= 4 is 11.0 Å².